The van der Waals surface area contributed by atoms with Crippen LogP contribution in [0.1, 0.15) is 24.2 Å². The topological polar surface area (TPSA) is 43.0 Å². The quantitative estimate of drug-likeness (QED) is 0.632. The Labute approximate surface area is 141 Å². The van der Waals surface area contributed by atoms with Gasteiger partial charge in [0.05, 0.1) is 12.9 Å². The van der Waals surface area contributed by atoms with Crippen LogP contribution in [0, 0.1) is 12.7 Å². The zero-order chi connectivity index (χ0) is 16.8. The summed E-state index contributed by atoms with van der Waals surface area (Å²) in [7, 11) is 0. The van der Waals surface area contributed by atoms with Gasteiger partial charge in [-0.15, -0.1) is 0 Å². The fourth-order valence-electron chi connectivity index (χ4n) is 2.67. The Morgan fingerprint density at radius 3 is 2.96 bits per heavy atom. The van der Waals surface area contributed by atoms with E-state index >= 15 is 0 Å². The highest BCUT2D eigenvalue weighted by molar-refractivity contribution is 5.62. The molecule has 0 aliphatic heterocycles. The first-order chi connectivity index (χ1) is 11.7. The third kappa shape index (κ3) is 4.11. The Morgan fingerprint density at radius 1 is 1.21 bits per heavy atom. The molecular formula is C19H22FN3O. The number of rotatable bonds is 8. The van der Waals surface area contributed by atoms with Crippen LogP contribution in [0.4, 0.5) is 4.39 Å². The van der Waals surface area contributed by atoms with Gasteiger partial charge in [0.1, 0.15) is 17.3 Å². The minimum atomic E-state index is -0.207. The minimum Gasteiger partial charge on any atom is -0.460 e. The monoisotopic (exact) mass is 327 g/mol. The van der Waals surface area contributed by atoms with E-state index in [2.05, 4.69) is 14.9 Å². The average Bonchev–Trinajstić information content (AvgIpc) is 3.25. The van der Waals surface area contributed by atoms with Crippen LogP contribution < -0.4 is 5.32 Å². The highest BCUT2D eigenvalue weighted by Gasteiger charge is 2.09. The van der Waals surface area contributed by atoms with Crippen molar-refractivity contribution >= 4 is 0 Å². The van der Waals surface area contributed by atoms with Crippen LogP contribution in [0.3, 0.4) is 0 Å². The molecule has 0 unspecified atom stereocenters. The summed E-state index contributed by atoms with van der Waals surface area (Å²) in [5.41, 5.74) is 1.42. The number of imidazole rings is 1. The molecule has 2 aromatic heterocycles. The predicted octanol–water partition coefficient (Wildman–Crippen LogP) is 4.16. The number of nitrogens with one attached hydrogen (secondary N) is 1. The SMILES string of the molecule is Cc1c(F)cccc1-c1ccc(CNCCCCn2ccnc2)o1. The van der Waals surface area contributed by atoms with Crippen molar-refractivity contribution in [3.8, 4) is 11.3 Å². The Hall–Kier alpha value is -2.40. The average molecular weight is 327 g/mol. The van der Waals surface area contributed by atoms with Gasteiger partial charge in [0.25, 0.3) is 0 Å². The number of nitrogens with zero attached hydrogens (tertiary/aromatic N) is 2. The van der Waals surface area contributed by atoms with Crippen LogP contribution in [-0.2, 0) is 13.1 Å². The first kappa shape index (κ1) is 16.5. The molecule has 0 spiro atoms. The largest absolute Gasteiger partial charge is 0.460 e. The molecule has 2 heterocycles. The standard InChI is InChI=1S/C19H22FN3O/c1-15-17(5-4-6-18(15)20)19-8-7-16(24-19)13-21-9-2-3-11-23-12-10-22-14-23/h4-8,10,12,14,21H,2-3,9,11,13H2,1H3. The Kier molecular flexibility index (Phi) is 5.43. The van der Waals surface area contributed by atoms with Gasteiger partial charge in [-0.1, -0.05) is 12.1 Å². The van der Waals surface area contributed by atoms with Crippen molar-refractivity contribution in [3.63, 3.8) is 0 Å². The van der Waals surface area contributed by atoms with Crippen molar-refractivity contribution in [1.82, 2.24) is 14.9 Å². The van der Waals surface area contributed by atoms with E-state index in [1.54, 1.807) is 19.2 Å². The van der Waals surface area contributed by atoms with Gasteiger partial charge >= 0.3 is 0 Å². The number of aromatic nitrogens is 2. The molecule has 1 aromatic carbocycles. The van der Waals surface area contributed by atoms with Crippen LogP contribution in [-0.4, -0.2) is 16.1 Å². The van der Waals surface area contributed by atoms with Crippen LogP contribution in [0.25, 0.3) is 11.3 Å². The first-order valence-electron chi connectivity index (χ1n) is 8.24. The number of hydrogen-bond acceptors (Lipinski definition) is 3. The molecule has 4 nitrogen and oxygen atoms in total. The maximum atomic E-state index is 13.6. The van der Waals surface area contributed by atoms with Gasteiger partial charge in [0.15, 0.2) is 0 Å². The summed E-state index contributed by atoms with van der Waals surface area (Å²) in [5.74, 6) is 1.37. The van der Waals surface area contributed by atoms with E-state index in [-0.39, 0.29) is 5.82 Å². The molecule has 0 atom stereocenters. The van der Waals surface area contributed by atoms with Gasteiger partial charge < -0.3 is 14.3 Å². The number of aryl methyl sites for hydroxylation is 1. The third-order valence-electron chi connectivity index (χ3n) is 4.07. The Morgan fingerprint density at radius 2 is 2.12 bits per heavy atom. The highest BCUT2D eigenvalue weighted by Crippen LogP contribution is 2.26. The second-order valence-corrected chi connectivity index (χ2v) is 5.86. The van der Waals surface area contributed by atoms with Crippen molar-refractivity contribution in [3.05, 3.63) is 66.2 Å². The summed E-state index contributed by atoms with van der Waals surface area (Å²) >= 11 is 0. The van der Waals surface area contributed by atoms with Gasteiger partial charge in [-0.2, -0.15) is 0 Å². The molecule has 0 saturated heterocycles. The van der Waals surface area contributed by atoms with E-state index in [1.165, 1.54) is 6.07 Å². The van der Waals surface area contributed by atoms with Crippen LogP contribution in [0.2, 0.25) is 0 Å². The number of hydrogen-bond donors (Lipinski definition) is 1. The van der Waals surface area contributed by atoms with E-state index < -0.39 is 0 Å². The van der Waals surface area contributed by atoms with Crippen molar-refractivity contribution in [2.45, 2.75) is 32.9 Å². The maximum Gasteiger partial charge on any atom is 0.134 e. The second kappa shape index (κ2) is 7.93. The molecule has 126 valence electrons. The zero-order valence-electron chi connectivity index (χ0n) is 13.8. The molecule has 3 aromatic rings. The number of benzene rings is 1. The summed E-state index contributed by atoms with van der Waals surface area (Å²) in [4.78, 5) is 4.03. The highest BCUT2D eigenvalue weighted by atomic mass is 19.1. The number of unbranched alkanes of at least 4 members (excludes halogenated alkanes) is 1. The maximum absolute atomic E-state index is 13.6. The number of halogens is 1. The van der Waals surface area contributed by atoms with E-state index in [4.69, 9.17) is 4.42 Å². The fraction of sp³-hybridized carbons (Fsp3) is 0.316. The van der Waals surface area contributed by atoms with Gasteiger partial charge in [-0.05, 0) is 50.1 Å². The Bertz CT molecular complexity index is 765. The van der Waals surface area contributed by atoms with Crippen molar-refractivity contribution in [1.29, 1.82) is 0 Å². The molecule has 0 radical (unpaired) electrons. The normalized spacial score (nSPS) is 11.1. The van der Waals surface area contributed by atoms with E-state index in [9.17, 15) is 4.39 Å². The minimum absolute atomic E-state index is 0.207. The molecule has 24 heavy (non-hydrogen) atoms. The lowest BCUT2D eigenvalue weighted by Gasteiger charge is -2.05. The van der Waals surface area contributed by atoms with Gasteiger partial charge in [0.2, 0.25) is 0 Å². The predicted molar refractivity (Wildman–Crippen MR) is 92.0 cm³/mol. The van der Waals surface area contributed by atoms with Crippen molar-refractivity contribution in [2.75, 3.05) is 6.54 Å². The lowest BCUT2D eigenvalue weighted by atomic mass is 10.1. The molecule has 5 heteroatoms. The lowest BCUT2D eigenvalue weighted by molar-refractivity contribution is 0.484. The summed E-state index contributed by atoms with van der Waals surface area (Å²) in [5, 5.41) is 3.38. The van der Waals surface area contributed by atoms with Crippen LogP contribution >= 0.6 is 0 Å². The zero-order valence-corrected chi connectivity index (χ0v) is 13.8. The summed E-state index contributed by atoms with van der Waals surface area (Å²) in [6, 6.07) is 8.90. The summed E-state index contributed by atoms with van der Waals surface area (Å²) < 4.78 is 21.5. The molecule has 0 fully saturated rings. The van der Waals surface area contributed by atoms with E-state index in [0.29, 0.717) is 17.9 Å². The third-order valence-corrected chi connectivity index (χ3v) is 4.07. The molecule has 0 aliphatic carbocycles. The summed E-state index contributed by atoms with van der Waals surface area (Å²) in [6.07, 6.45) is 7.81. The fourth-order valence-corrected chi connectivity index (χ4v) is 2.67. The van der Waals surface area contributed by atoms with E-state index in [0.717, 1.165) is 37.3 Å². The molecule has 0 amide bonds. The molecule has 3 rings (SSSR count). The van der Waals surface area contributed by atoms with Gasteiger partial charge in [0, 0.05) is 24.5 Å². The van der Waals surface area contributed by atoms with E-state index in [1.807, 2.05) is 30.7 Å². The van der Waals surface area contributed by atoms with Gasteiger partial charge in [-0.3, -0.25) is 0 Å². The first-order valence-corrected chi connectivity index (χ1v) is 8.24. The van der Waals surface area contributed by atoms with Crippen LogP contribution in [0.5, 0.6) is 0 Å². The number of furan rings is 1. The summed E-state index contributed by atoms with van der Waals surface area (Å²) in [6.45, 7) is 4.37. The molecule has 0 saturated carbocycles. The smallest absolute Gasteiger partial charge is 0.134 e. The second-order valence-electron chi connectivity index (χ2n) is 5.86. The molecule has 0 aliphatic rings. The lowest BCUT2D eigenvalue weighted by Crippen LogP contribution is -2.14. The van der Waals surface area contributed by atoms with Gasteiger partial charge in [-0.25, -0.2) is 9.37 Å². The molecule has 0 bridgehead atoms. The molecule has 1 N–H and O–H groups in total. The van der Waals surface area contributed by atoms with Crippen molar-refractivity contribution in [2.24, 2.45) is 0 Å². The molecular weight excluding hydrogens is 305 g/mol. The van der Waals surface area contributed by atoms with Crippen LogP contribution in [0.15, 0.2) is 53.5 Å². The Balaban J connectivity index is 1.44. The van der Waals surface area contributed by atoms with Crippen molar-refractivity contribution < 1.29 is 8.81 Å².